The van der Waals surface area contributed by atoms with Gasteiger partial charge in [0.2, 0.25) is 0 Å². The third-order valence-corrected chi connectivity index (χ3v) is 3.84. The van der Waals surface area contributed by atoms with Crippen LogP contribution in [0.1, 0.15) is 44.6 Å². The summed E-state index contributed by atoms with van der Waals surface area (Å²) in [5, 5.41) is 27.7. The van der Waals surface area contributed by atoms with E-state index in [1.165, 1.54) is 31.2 Å². The van der Waals surface area contributed by atoms with Crippen LogP contribution >= 0.6 is 0 Å². The van der Waals surface area contributed by atoms with Crippen molar-refractivity contribution < 1.29 is 29.6 Å². The lowest BCUT2D eigenvalue weighted by Crippen LogP contribution is -2.34. The van der Waals surface area contributed by atoms with Crippen LogP contribution in [0.3, 0.4) is 0 Å². The molecule has 1 unspecified atom stereocenters. The number of hydrogen-bond donors (Lipinski definition) is 4. The maximum absolute atomic E-state index is 9.48. The highest BCUT2D eigenvalue weighted by Crippen LogP contribution is 2.30. The van der Waals surface area contributed by atoms with Crippen LogP contribution in [0, 0.1) is 0 Å². The molecule has 0 spiro atoms. The number of aryl methyl sites for hydroxylation is 1. The van der Waals surface area contributed by atoms with Gasteiger partial charge in [-0.05, 0) is 37.4 Å². The number of aromatic hydroxyl groups is 1. The summed E-state index contributed by atoms with van der Waals surface area (Å²) in [6, 6.07) is 5.41. The number of phenols is 1. The van der Waals surface area contributed by atoms with E-state index >= 15 is 0 Å². The van der Waals surface area contributed by atoms with Crippen LogP contribution in [0.2, 0.25) is 0 Å². The molecular weight excluding hydrogens is 326 g/mol. The van der Waals surface area contributed by atoms with Crippen molar-refractivity contribution in [3.63, 3.8) is 0 Å². The van der Waals surface area contributed by atoms with Crippen molar-refractivity contribution in [2.75, 3.05) is 13.1 Å². The number of ether oxygens (including phenoxy) is 1. The molecule has 25 heavy (non-hydrogen) atoms. The first-order chi connectivity index (χ1) is 11.9. The monoisotopic (exact) mass is 353 g/mol. The molecule has 0 amide bonds. The number of benzene rings is 1. The van der Waals surface area contributed by atoms with E-state index in [0.717, 1.165) is 31.7 Å². The van der Waals surface area contributed by atoms with Crippen molar-refractivity contribution >= 4 is 11.9 Å². The first-order valence-electron chi connectivity index (χ1n) is 8.59. The third kappa shape index (κ3) is 8.39. The summed E-state index contributed by atoms with van der Waals surface area (Å²) < 4.78 is 5.92. The van der Waals surface area contributed by atoms with E-state index in [1.807, 2.05) is 6.07 Å². The number of carbonyl (C=O) groups is 2. The molecule has 0 bridgehead atoms. The van der Waals surface area contributed by atoms with Gasteiger partial charge in [0.15, 0.2) is 0 Å². The Morgan fingerprint density at radius 1 is 1.20 bits per heavy atom. The number of fused-ring (bicyclic) bond motifs is 1. The minimum absolute atomic E-state index is 0.237. The molecule has 1 aromatic rings. The standard InChI is InChI=1S/C16H25NO2.C2H2O4/c1-2-3-4-5-10-17-12-15-9-7-13-6-8-14(18)11-16(13)19-15;3-1(4)2(5)6/h6,8,11,15,17-18H,2-5,7,9-10,12H2,1H3;(H,3,4)(H,5,6). The number of aliphatic carboxylic acids is 2. The van der Waals surface area contributed by atoms with E-state index in [0.29, 0.717) is 0 Å². The maximum atomic E-state index is 9.48. The van der Waals surface area contributed by atoms with E-state index in [9.17, 15) is 5.11 Å². The second kappa shape index (κ2) is 11.3. The number of nitrogens with one attached hydrogen (secondary N) is 1. The van der Waals surface area contributed by atoms with Gasteiger partial charge >= 0.3 is 11.9 Å². The molecule has 2 rings (SSSR count). The first-order valence-corrected chi connectivity index (χ1v) is 8.59. The molecule has 1 aromatic carbocycles. The molecular formula is C18H27NO6. The van der Waals surface area contributed by atoms with Crippen molar-refractivity contribution in [1.29, 1.82) is 0 Å². The van der Waals surface area contributed by atoms with Crippen molar-refractivity contribution in [1.82, 2.24) is 5.32 Å². The minimum atomic E-state index is -1.82. The first kappa shape index (κ1) is 20.8. The van der Waals surface area contributed by atoms with Crippen LogP contribution in [0.4, 0.5) is 0 Å². The maximum Gasteiger partial charge on any atom is 0.414 e. The number of rotatable bonds is 7. The van der Waals surface area contributed by atoms with Gasteiger partial charge in [0.05, 0.1) is 0 Å². The van der Waals surface area contributed by atoms with Gasteiger partial charge < -0.3 is 25.4 Å². The highest BCUT2D eigenvalue weighted by Gasteiger charge is 2.19. The fourth-order valence-electron chi connectivity index (χ4n) is 2.50. The van der Waals surface area contributed by atoms with E-state index in [-0.39, 0.29) is 11.9 Å². The Balaban J connectivity index is 0.000000450. The summed E-state index contributed by atoms with van der Waals surface area (Å²) in [5.41, 5.74) is 1.21. The van der Waals surface area contributed by atoms with E-state index in [1.54, 1.807) is 12.1 Å². The molecule has 7 nitrogen and oxygen atoms in total. The molecule has 1 heterocycles. The van der Waals surface area contributed by atoms with E-state index < -0.39 is 11.9 Å². The number of unbranched alkanes of at least 4 members (excludes halogenated alkanes) is 3. The van der Waals surface area contributed by atoms with E-state index in [2.05, 4.69) is 12.2 Å². The molecule has 4 N–H and O–H groups in total. The van der Waals surface area contributed by atoms with Crippen LogP contribution in [-0.4, -0.2) is 46.5 Å². The highest BCUT2D eigenvalue weighted by atomic mass is 16.5. The lowest BCUT2D eigenvalue weighted by atomic mass is 10.0. The van der Waals surface area contributed by atoms with Crippen LogP contribution in [0.25, 0.3) is 0 Å². The Kier molecular flexibility index (Phi) is 9.39. The van der Waals surface area contributed by atoms with Crippen molar-refractivity contribution in [2.24, 2.45) is 0 Å². The summed E-state index contributed by atoms with van der Waals surface area (Å²) >= 11 is 0. The van der Waals surface area contributed by atoms with Crippen LogP contribution in [0.15, 0.2) is 18.2 Å². The lowest BCUT2D eigenvalue weighted by Gasteiger charge is -2.26. The van der Waals surface area contributed by atoms with Crippen molar-refractivity contribution in [2.45, 2.75) is 51.6 Å². The molecule has 1 aliphatic rings. The number of carboxylic acids is 2. The Bertz CT molecular complexity index is 548. The van der Waals surface area contributed by atoms with Crippen LogP contribution < -0.4 is 10.1 Å². The Morgan fingerprint density at radius 2 is 1.92 bits per heavy atom. The minimum Gasteiger partial charge on any atom is -0.508 e. The van der Waals surface area contributed by atoms with Gasteiger partial charge in [0.1, 0.15) is 17.6 Å². The molecule has 1 atom stereocenters. The van der Waals surface area contributed by atoms with Crippen LogP contribution in [0.5, 0.6) is 11.5 Å². The summed E-state index contributed by atoms with van der Waals surface area (Å²) in [7, 11) is 0. The predicted molar refractivity (Wildman–Crippen MR) is 93.1 cm³/mol. The average Bonchev–Trinajstić information content (AvgIpc) is 2.58. The zero-order valence-corrected chi connectivity index (χ0v) is 14.5. The molecule has 7 heteroatoms. The molecule has 1 aliphatic heterocycles. The second-order valence-electron chi connectivity index (χ2n) is 5.95. The fraction of sp³-hybridized carbons (Fsp3) is 0.556. The van der Waals surface area contributed by atoms with Gasteiger partial charge in [0.25, 0.3) is 0 Å². The molecule has 0 aliphatic carbocycles. The van der Waals surface area contributed by atoms with Gasteiger partial charge in [-0.25, -0.2) is 9.59 Å². The number of carboxylic acid groups (broad SMARTS) is 2. The predicted octanol–water partition coefficient (Wildman–Crippen LogP) is 2.41. The zero-order valence-electron chi connectivity index (χ0n) is 14.5. The Hall–Kier alpha value is -2.28. The number of phenolic OH excluding ortho intramolecular Hbond substituents is 1. The molecule has 0 radical (unpaired) electrons. The summed E-state index contributed by atoms with van der Waals surface area (Å²) in [4.78, 5) is 18.2. The Morgan fingerprint density at radius 3 is 2.56 bits per heavy atom. The fourth-order valence-corrected chi connectivity index (χ4v) is 2.50. The van der Waals surface area contributed by atoms with Crippen molar-refractivity contribution in [3.8, 4) is 11.5 Å². The molecule has 0 saturated heterocycles. The molecule has 140 valence electrons. The largest absolute Gasteiger partial charge is 0.508 e. The SMILES string of the molecule is CCCCCCNCC1CCc2ccc(O)cc2O1.O=C(O)C(=O)O. The highest BCUT2D eigenvalue weighted by molar-refractivity contribution is 6.27. The molecule has 0 fully saturated rings. The zero-order chi connectivity index (χ0) is 18.7. The van der Waals surface area contributed by atoms with Gasteiger partial charge in [-0.1, -0.05) is 32.3 Å². The van der Waals surface area contributed by atoms with Crippen molar-refractivity contribution in [3.05, 3.63) is 23.8 Å². The van der Waals surface area contributed by atoms with Gasteiger partial charge in [0, 0.05) is 12.6 Å². The van der Waals surface area contributed by atoms with Gasteiger partial charge in [-0.15, -0.1) is 0 Å². The van der Waals surface area contributed by atoms with E-state index in [4.69, 9.17) is 24.5 Å². The third-order valence-electron chi connectivity index (χ3n) is 3.84. The summed E-state index contributed by atoms with van der Waals surface area (Å²) in [5.74, 6) is -2.51. The topological polar surface area (TPSA) is 116 Å². The van der Waals surface area contributed by atoms with Crippen LogP contribution in [-0.2, 0) is 16.0 Å². The number of hydrogen-bond acceptors (Lipinski definition) is 5. The molecule has 0 saturated carbocycles. The summed E-state index contributed by atoms with van der Waals surface area (Å²) in [6.07, 6.45) is 7.50. The molecule has 0 aromatic heterocycles. The summed E-state index contributed by atoms with van der Waals surface area (Å²) in [6.45, 7) is 4.21. The second-order valence-corrected chi connectivity index (χ2v) is 5.95. The smallest absolute Gasteiger partial charge is 0.414 e. The van der Waals surface area contributed by atoms with Gasteiger partial charge in [-0.3, -0.25) is 0 Å². The lowest BCUT2D eigenvalue weighted by molar-refractivity contribution is -0.159. The normalized spacial score (nSPS) is 15.3. The van der Waals surface area contributed by atoms with Gasteiger partial charge in [-0.2, -0.15) is 0 Å². The average molecular weight is 353 g/mol. The quantitative estimate of drug-likeness (QED) is 0.439. The Labute approximate surface area is 147 Å².